The zero-order valence-electron chi connectivity index (χ0n) is 54.2. The fourth-order valence-electron chi connectivity index (χ4n) is 6.69. The average Bonchev–Trinajstić information content (AvgIpc) is 0.881. The molecule has 39 heteroatoms. The molecule has 0 radical (unpaired) electrons. The Morgan fingerprint density at radius 2 is 0.838 bits per heavy atom. The Hall–Kier alpha value is -12.8. The number of aromatic amines is 3. The van der Waals surface area contributed by atoms with Gasteiger partial charge in [0.1, 0.15) is 29.2 Å². The molecule has 0 amide bonds. The Kier molecular flexibility index (Phi) is 36.1. The van der Waals surface area contributed by atoms with Gasteiger partial charge in [-0.15, -0.1) is 0 Å². The van der Waals surface area contributed by atoms with Crippen LogP contribution in [0.2, 0.25) is 15.5 Å². The van der Waals surface area contributed by atoms with Crippen molar-refractivity contribution < 1.29 is 29.5 Å². The van der Waals surface area contributed by atoms with Crippen LogP contribution in [0.3, 0.4) is 0 Å². The Morgan fingerprint density at radius 3 is 1.21 bits per heavy atom. The Bertz CT molecular complexity index is 4380. The monoisotopic (exact) mass is 1430 g/mol. The van der Waals surface area contributed by atoms with Crippen LogP contribution < -0.4 is 45.3 Å². The van der Waals surface area contributed by atoms with Crippen LogP contribution in [0.4, 0.5) is 63.0 Å². The highest BCUT2D eigenvalue weighted by atomic mass is 35.5. The highest BCUT2D eigenvalue weighted by molar-refractivity contribution is 6.32. The molecular formula is C60H66Cl3N21O15. The summed E-state index contributed by atoms with van der Waals surface area (Å²) in [7, 11) is 0. The number of anilines is 5. The van der Waals surface area contributed by atoms with Gasteiger partial charge in [-0.3, -0.25) is 80.1 Å². The van der Waals surface area contributed by atoms with Gasteiger partial charge in [-0.05, 0) is 152 Å². The van der Waals surface area contributed by atoms with E-state index < -0.39 is 35.1 Å². The number of aromatic nitrogens is 10. The third-order valence-electron chi connectivity index (χ3n) is 11.9. The van der Waals surface area contributed by atoms with E-state index in [4.69, 9.17) is 63.5 Å². The maximum Gasteiger partial charge on any atom is 0.336 e. The van der Waals surface area contributed by atoms with Gasteiger partial charge in [0.25, 0.3) is 17.1 Å². The van der Waals surface area contributed by atoms with Gasteiger partial charge >= 0.3 is 22.6 Å². The Labute approximate surface area is 576 Å². The van der Waals surface area contributed by atoms with E-state index in [1.807, 2.05) is 58.0 Å². The first-order chi connectivity index (χ1) is 46.3. The van der Waals surface area contributed by atoms with Gasteiger partial charge in [0.05, 0.1) is 47.1 Å². The van der Waals surface area contributed by atoms with Crippen molar-refractivity contribution in [2.75, 3.05) is 28.7 Å². The topological polar surface area (TPSA) is 578 Å². The molecular weight excluding hydrogens is 1360 g/mol. The number of rotatable bonds is 6. The van der Waals surface area contributed by atoms with Crippen molar-refractivity contribution in [1.82, 2.24) is 49.8 Å². The summed E-state index contributed by atoms with van der Waals surface area (Å²) >= 11 is 16.5. The van der Waals surface area contributed by atoms with Gasteiger partial charge in [0, 0.05) is 95.1 Å². The third kappa shape index (κ3) is 31.3. The lowest BCUT2D eigenvalue weighted by Gasteiger charge is -1.97. The van der Waals surface area contributed by atoms with Crippen LogP contribution in [0.5, 0.6) is 0 Å². The molecule has 10 heterocycles. The summed E-state index contributed by atoms with van der Waals surface area (Å²) in [5.41, 5.74) is 33.5. The number of nitrogens with zero attached hydrogens (tertiary/aromatic N) is 13. The molecule has 36 nitrogen and oxygen atoms in total. The molecule has 0 bridgehead atoms. The minimum absolute atomic E-state index is 0.000741. The zero-order valence-corrected chi connectivity index (χ0v) is 56.5. The fourth-order valence-corrected chi connectivity index (χ4v) is 7.39. The molecule has 0 saturated heterocycles. The maximum atomic E-state index is 10.8. The van der Waals surface area contributed by atoms with E-state index in [1.165, 1.54) is 56.7 Å². The van der Waals surface area contributed by atoms with Crippen LogP contribution in [0, 0.1) is 130 Å². The molecule has 0 aliphatic heterocycles. The molecule has 0 spiro atoms. The molecule has 0 unspecified atom stereocenters. The van der Waals surface area contributed by atoms with Crippen molar-refractivity contribution in [3.63, 3.8) is 0 Å². The summed E-state index contributed by atoms with van der Waals surface area (Å²) in [6.07, 6.45) is 16.0. The van der Waals surface area contributed by atoms with E-state index in [9.17, 15) is 75.1 Å². The lowest BCUT2D eigenvalue weighted by Crippen LogP contribution is -2.11. The number of pyridine rings is 10. The number of nitrogens with two attached hydrogens (primary N) is 5. The first-order valence-electron chi connectivity index (χ1n) is 27.6. The predicted molar refractivity (Wildman–Crippen MR) is 375 cm³/mol. The van der Waals surface area contributed by atoms with Crippen LogP contribution in [0.25, 0.3) is 0 Å². The molecule has 10 aromatic rings. The van der Waals surface area contributed by atoms with E-state index in [0.717, 1.165) is 46.5 Å². The number of hydrogen-bond acceptors (Lipinski definition) is 27. The van der Waals surface area contributed by atoms with Crippen molar-refractivity contribution in [2.45, 2.75) is 69.2 Å². The Balaban J connectivity index is 0.000000551. The van der Waals surface area contributed by atoms with E-state index in [2.05, 4.69) is 49.8 Å². The minimum Gasteiger partial charge on any atom is -0.397 e. The van der Waals surface area contributed by atoms with Gasteiger partial charge in [-0.1, -0.05) is 34.8 Å². The second-order valence-corrected chi connectivity index (χ2v) is 20.7. The van der Waals surface area contributed by atoms with Crippen molar-refractivity contribution in [3.8, 4) is 0 Å². The summed E-state index contributed by atoms with van der Waals surface area (Å²) in [5.74, 6) is 0.855. The summed E-state index contributed by atoms with van der Waals surface area (Å²) in [4.78, 5) is 123. The van der Waals surface area contributed by atoms with Crippen molar-refractivity contribution in [1.29, 1.82) is 0 Å². The molecule has 0 atom stereocenters. The molecule has 0 aromatic carbocycles. The van der Waals surface area contributed by atoms with Gasteiger partial charge in [-0.25, -0.2) is 29.9 Å². The van der Waals surface area contributed by atoms with Gasteiger partial charge in [0.15, 0.2) is 5.15 Å². The number of nitrogens with one attached hydrogen (secondary N) is 3. The van der Waals surface area contributed by atoms with Gasteiger partial charge < -0.3 is 43.6 Å². The number of H-pyrrole nitrogens is 3. The second-order valence-electron chi connectivity index (χ2n) is 19.6. The molecule has 0 aliphatic carbocycles. The largest absolute Gasteiger partial charge is 0.397 e. The fraction of sp³-hybridized carbons (Fsp3) is 0.167. The van der Waals surface area contributed by atoms with E-state index >= 15 is 0 Å². The van der Waals surface area contributed by atoms with Crippen LogP contribution in [-0.4, -0.2) is 79.4 Å². The lowest BCUT2D eigenvalue weighted by molar-refractivity contribution is -0.386. The standard InChI is InChI=1S/2C6H5ClN2O2.C6H7ClN2.2C6H7N3O2.2C6H6N2O3.2C6H8N2.C6H7NO/c1-4-2-6(7)8-3-5(4)9(10)11;1-4-2-3-8-6(7)5(4)9(10)11;1-4-2-3-9-6(7)5(4)8;1-4-2-6(7)8-3-5(4)9(10)11;1-4-2-3-8-6(7)5(4)9(10)11;1-4-2-6(9)7-3-5(4)8(10)11;1-4-2-3-7-6(9)5(4)8(10)11;1-5-2-3-8-4-6(5)7;1-5-2-3-8-6(7)4-5;1-5-2-3-7-6(8)4-5/h2*2-3H,1H3;2-3H,8H2,1H3;2*2-3H,1H3,(H2,7,8);2*2-3H,1H3,(H,7,9);2-4H,7H2,1H3;2-4H,1H3,(H2,7,8);2-4H,1H3,(H,7,8). The SMILES string of the molecule is Cc1cc(=O)[nH]cc1[N+](=O)[O-].Cc1cc(Cl)ncc1[N+](=O)[O-].Cc1cc(N)ncc1[N+](=O)[O-].Cc1cc[nH]c(=O)c1.Cc1cc[nH]c(=O)c1[N+](=O)[O-].Cc1ccnc(Cl)c1N.Cc1ccnc(Cl)c1[N+](=O)[O-].Cc1ccnc(N)c1.Cc1ccnc(N)c1[N+](=O)[O-].Cc1ccncc1N. The van der Waals surface area contributed by atoms with Gasteiger partial charge in [-0.2, -0.15) is 0 Å². The summed E-state index contributed by atoms with van der Waals surface area (Å²) in [6, 6.07) is 19.6. The molecule has 522 valence electrons. The molecule has 10 aromatic heterocycles. The quantitative estimate of drug-likeness (QED) is 0.0435. The first kappa shape index (κ1) is 84.2. The van der Waals surface area contributed by atoms with E-state index in [0.29, 0.717) is 55.9 Å². The van der Waals surface area contributed by atoms with Gasteiger partial charge in [0.2, 0.25) is 22.1 Å². The normalized spacial score (nSPS) is 9.46. The number of hydrogen-bond donors (Lipinski definition) is 8. The van der Waals surface area contributed by atoms with Crippen LogP contribution in [0.15, 0.2) is 155 Å². The van der Waals surface area contributed by atoms with Crippen LogP contribution >= 0.6 is 34.8 Å². The predicted octanol–water partition coefficient (Wildman–Crippen LogP) is 11.1. The summed E-state index contributed by atoms with van der Waals surface area (Å²) in [6.45, 7) is 17.2. The average molecular weight is 1430 g/mol. The van der Waals surface area contributed by atoms with Crippen LogP contribution in [0.1, 0.15) is 55.6 Å². The maximum absolute atomic E-state index is 10.8. The van der Waals surface area contributed by atoms with Crippen molar-refractivity contribution in [3.05, 3.63) is 304 Å². The van der Waals surface area contributed by atoms with Crippen LogP contribution in [-0.2, 0) is 0 Å². The molecule has 0 saturated carbocycles. The Morgan fingerprint density at radius 1 is 0.384 bits per heavy atom. The zero-order chi connectivity index (χ0) is 75.4. The lowest BCUT2D eigenvalue weighted by atomic mass is 10.2. The molecule has 10 rings (SSSR count). The summed E-state index contributed by atoms with van der Waals surface area (Å²) < 4.78 is 0. The minimum atomic E-state index is -0.686. The molecule has 0 aliphatic rings. The molecule has 99 heavy (non-hydrogen) atoms. The molecule has 0 fully saturated rings. The van der Waals surface area contributed by atoms with E-state index in [1.54, 1.807) is 76.9 Å². The highest BCUT2D eigenvalue weighted by Gasteiger charge is 2.18. The first-order valence-corrected chi connectivity index (χ1v) is 28.7. The number of nitro groups is 6. The van der Waals surface area contributed by atoms with E-state index in [-0.39, 0.29) is 61.4 Å². The third-order valence-corrected chi connectivity index (χ3v) is 12.7. The summed E-state index contributed by atoms with van der Waals surface area (Å²) in [5, 5.41) is 62.2. The van der Waals surface area contributed by atoms with Crippen molar-refractivity contribution in [2.24, 2.45) is 0 Å². The second kappa shape index (κ2) is 42.5. The number of nitrogen functional groups attached to an aromatic ring is 5. The number of halogens is 3. The number of aryl methyl sites for hydroxylation is 10. The van der Waals surface area contributed by atoms with Crippen molar-refractivity contribution >= 4 is 97.8 Å². The smallest absolute Gasteiger partial charge is 0.336 e. The molecule has 13 N–H and O–H groups in total. The highest BCUT2D eigenvalue weighted by Crippen LogP contribution is 2.25.